The molecule has 0 fully saturated rings. The van der Waals surface area contributed by atoms with Crippen molar-refractivity contribution in [1.82, 2.24) is 0 Å². The van der Waals surface area contributed by atoms with Crippen LogP contribution >= 0.6 is 11.6 Å². The number of carbonyl (C=O) groups excluding carboxylic acids is 1. The number of hydrogen-bond acceptors (Lipinski definition) is 2. The number of ketones is 1. The third-order valence-electron chi connectivity index (χ3n) is 1.56. The summed E-state index contributed by atoms with van der Waals surface area (Å²) < 4.78 is 13.1. The maximum atomic E-state index is 13.1. The van der Waals surface area contributed by atoms with Gasteiger partial charge in [0, 0.05) is 6.07 Å². The molecule has 0 radical (unpaired) electrons. The highest BCUT2D eigenvalue weighted by atomic mass is 35.5. The van der Waals surface area contributed by atoms with Crippen LogP contribution in [0.15, 0.2) is 12.1 Å². The number of phenolic OH excluding ortho intramolecular Hbond substituents is 1. The minimum Gasteiger partial charge on any atom is -0.506 e. The predicted molar refractivity (Wildman–Crippen MR) is 48.9 cm³/mol. The maximum Gasteiger partial charge on any atom is 0.276 e. The van der Waals surface area contributed by atoms with Crippen molar-refractivity contribution >= 4 is 17.4 Å². The molecule has 0 heterocycles. The summed E-state index contributed by atoms with van der Waals surface area (Å²) in [6, 6.07) is 1.76. The first kappa shape index (κ1) is 10.5. The molecular weight excluding hydrogens is 209 g/mol. The van der Waals surface area contributed by atoms with Crippen LogP contribution in [0.5, 0.6) is 5.75 Å². The number of Topliss-reactive ketones (excluding diaryl/α,β-unsaturated/α-hetero) is 1. The first-order valence-corrected chi connectivity index (χ1v) is 3.98. The molecule has 72 valence electrons. The van der Waals surface area contributed by atoms with Crippen molar-refractivity contribution in [3.63, 3.8) is 0 Å². The van der Waals surface area contributed by atoms with Crippen molar-refractivity contribution < 1.29 is 14.3 Å². The molecule has 5 heteroatoms. The van der Waals surface area contributed by atoms with Crippen molar-refractivity contribution in [3.05, 3.63) is 40.0 Å². The highest BCUT2D eigenvalue weighted by Crippen LogP contribution is 2.26. The van der Waals surface area contributed by atoms with Gasteiger partial charge >= 0.3 is 0 Å². The van der Waals surface area contributed by atoms with Crippen LogP contribution in [0.4, 0.5) is 4.39 Å². The Bertz CT molecular complexity index is 426. The molecule has 0 atom stereocenters. The number of carbonyl (C=O) groups is 1. The van der Waals surface area contributed by atoms with Crippen molar-refractivity contribution in [2.24, 2.45) is 0 Å². The third-order valence-corrected chi connectivity index (χ3v) is 1.86. The van der Waals surface area contributed by atoms with Crippen LogP contribution in [-0.4, -0.2) is 17.4 Å². The van der Waals surface area contributed by atoms with E-state index in [4.69, 9.17) is 23.3 Å². The SMILES string of the molecule is [C-]#[N+]CC(=O)c1cc(Cl)c(O)cc1F. The van der Waals surface area contributed by atoms with E-state index in [1.165, 1.54) is 0 Å². The van der Waals surface area contributed by atoms with E-state index in [0.717, 1.165) is 12.1 Å². The zero-order chi connectivity index (χ0) is 10.7. The average Bonchev–Trinajstić information content (AvgIpc) is 2.11. The van der Waals surface area contributed by atoms with Crippen molar-refractivity contribution in [1.29, 1.82) is 0 Å². The average molecular weight is 214 g/mol. The van der Waals surface area contributed by atoms with Gasteiger partial charge < -0.3 is 9.95 Å². The van der Waals surface area contributed by atoms with Crippen LogP contribution in [-0.2, 0) is 0 Å². The van der Waals surface area contributed by atoms with E-state index in [2.05, 4.69) is 4.85 Å². The smallest absolute Gasteiger partial charge is 0.276 e. The van der Waals surface area contributed by atoms with Crippen LogP contribution in [0.25, 0.3) is 4.85 Å². The minimum absolute atomic E-state index is 0.111. The first-order chi connectivity index (χ1) is 6.56. The largest absolute Gasteiger partial charge is 0.506 e. The molecule has 0 aliphatic heterocycles. The molecule has 0 aliphatic rings. The molecule has 0 saturated heterocycles. The van der Waals surface area contributed by atoms with Gasteiger partial charge in [-0.2, -0.15) is 0 Å². The van der Waals surface area contributed by atoms with Gasteiger partial charge in [-0.25, -0.2) is 11.0 Å². The molecule has 1 aromatic carbocycles. The van der Waals surface area contributed by atoms with Gasteiger partial charge in [0.1, 0.15) is 11.6 Å². The van der Waals surface area contributed by atoms with Gasteiger partial charge in [0.15, 0.2) is 0 Å². The monoisotopic (exact) mass is 213 g/mol. The summed E-state index contributed by atoms with van der Waals surface area (Å²) in [6.07, 6.45) is 0. The van der Waals surface area contributed by atoms with Gasteiger partial charge in [0.2, 0.25) is 5.78 Å². The summed E-state index contributed by atoms with van der Waals surface area (Å²) >= 11 is 5.48. The highest BCUT2D eigenvalue weighted by Gasteiger charge is 2.16. The van der Waals surface area contributed by atoms with Crippen LogP contribution in [0.2, 0.25) is 5.02 Å². The molecule has 0 spiro atoms. The Labute approximate surface area is 84.6 Å². The molecule has 3 nitrogen and oxygen atoms in total. The van der Waals surface area contributed by atoms with E-state index in [1.54, 1.807) is 0 Å². The summed E-state index contributed by atoms with van der Waals surface area (Å²) in [5.74, 6) is -1.96. The maximum absolute atomic E-state index is 13.1. The van der Waals surface area contributed by atoms with E-state index < -0.39 is 23.9 Å². The van der Waals surface area contributed by atoms with Gasteiger partial charge in [0.05, 0.1) is 10.6 Å². The second-order valence-electron chi connectivity index (χ2n) is 2.52. The molecule has 0 unspecified atom stereocenters. The molecular formula is C9H5ClFNO2. The predicted octanol–water partition coefficient (Wildman–Crippen LogP) is 2.29. The second kappa shape index (κ2) is 4.07. The first-order valence-electron chi connectivity index (χ1n) is 3.60. The number of phenols is 1. The Hall–Kier alpha value is -1.60. The molecule has 1 aromatic rings. The summed E-state index contributed by atoms with van der Waals surface area (Å²) in [7, 11) is 0. The molecule has 0 saturated carbocycles. The molecule has 1 rings (SSSR count). The van der Waals surface area contributed by atoms with Crippen molar-refractivity contribution in [3.8, 4) is 5.75 Å². The van der Waals surface area contributed by atoms with E-state index in [1.807, 2.05) is 0 Å². The highest BCUT2D eigenvalue weighted by molar-refractivity contribution is 6.32. The lowest BCUT2D eigenvalue weighted by atomic mass is 10.1. The minimum atomic E-state index is -0.874. The lowest BCUT2D eigenvalue weighted by Crippen LogP contribution is -2.04. The Morgan fingerprint density at radius 2 is 2.29 bits per heavy atom. The molecule has 0 bridgehead atoms. The molecule has 1 N–H and O–H groups in total. The summed E-state index contributed by atoms with van der Waals surface area (Å²) in [4.78, 5) is 14.0. The lowest BCUT2D eigenvalue weighted by Gasteiger charge is -2.00. The van der Waals surface area contributed by atoms with E-state index >= 15 is 0 Å². The van der Waals surface area contributed by atoms with Gasteiger partial charge in [-0.05, 0) is 6.07 Å². The summed E-state index contributed by atoms with van der Waals surface area (Å²) in [5, 5.41) is 8.88. The standard InChI is InChI=1S/C9H5ClFNO2/c1-12-4-9(14)5-2-6(10)8(13)3-7(5)11/h2-3,13H,4H2. The number of rotatable bonds is 2. The molecule has 0 aromatic heterocycles. The summed E-state index contributed by atoms with van der Waals surface area (Å²) in [5.41, 5.74) is -0.274. The molecule has 14 heavy (non-hydrogen) atoms. The van der Waals surface area contributed by atoms with Gasteiger partial charge in [-0.1, -0.05) is 11.6 Å². The third kappa shape index (κ3) is 2.01. The van der Waals surface area contributed by atoms with Crippen LogP contribution in [0, 0.1) is 12.4 Å². The number of aromatic hydroxyl groups is 1. The van der Waals surface area contributed by atoms with E-state index in [9.17, 15) is 9.18 Å². The van der Waals surface area contributed by atoms with E-state index in [0.29, 0.717) is 0 Å². The van der Waals surface area contributed by atoms with E-state index in [-0.39, 0.29) is 10.6 Å². The van der Waals surface area contributed by atoms with Crippen molar-refractivity contribution in [2.45, 2.75) is 0 Å². The number of halogens is 2. The number of benzene rings is 1. The normalized spacial score (nSPS) is 9.50. The van der Waals surface area contributed by atoms with Crippen molar-refractivity contribution in [2.75, 3.05) is 6.54 Å². The zero-order valence-electron chi connectivity index (χ0n) is 6.92. The van der Waals surface area contributed by atoms with Gasteiger partial charge in [-0.3, -0.25) is 4.79 Å². The van der Waals surface area contributed by atoms with Gasteiger partial charge in [-0.15, -0.1) is 0 Å². The van der Waals surface area contributed by atoms with Crippen LogP contribution < -0.4 is 0 Å². The van der Waals surface area contributed by atoms with Crippen LogP contribution in [0.3, 0.4) is 0 Å². The molecule has 0 amide bonds. The Balaban J connectivity index is 3.17. The van der Waals surface area contributed by atoms with Gasteiger partial charge in [0.25, 0.3) is 6.54 Å². The lowest BCUT2D eigenvalue weighted by molar-refractivity contribution is 0.101. The Morgan fingerprint density at radius 3 is 2.86 bits per heavy atom. The zero-order valence-corrected chi connectivity index (χ0v) is 7.68. The number of hydrogen-bond donors (Lipinski definition) is 1. The fraction of sp³-hybridized carbons (Fsp3) is 0.111. The Kier molecular flexibility index (Phi) is 3.05. The fourth-order valence-electron chi connectivity index (χ4n) is 0.907. The number of nitrogens with zero attached hydrogens (tertiary/aromatic N) is 1. The summed E-state index contributed by atoms with van der Waals surface area (Å²) in [6.45, 7) is 6.02. The topological polar surface area (TPSA) is 41.7 Å². The quantitative estimate of drug-likeness (QED) is 0.605. The second-order valence-corrected chi connectivity index (χ2v) is 2.93. The van der Waals surface area contributed by atoms with Crippen LogP contribution in [0.1, 0.15) is 10.4 Å². The molecule has 0 aliphatic carbocycles. The fourth-order valence-corrected chi connectivity index (χ4v) is 1.07. The Morgan fingerprint density at radius 1 is 1.64 bits per heavy atom.